The molecule has 5 nitrogen and oxygen atoms in total. The molecule has 1 saturated heterocycles. The fraction of sp³-hybridized carbons (Fsp3) is 0.333. The minimum Gasteiger partial charge on any atom is -0.464 e. The Hall–Kier alpha value is -2.06. The first kappa shape index (κ1) is 25.6. The largest absolute Gasteiger partial charge is 0.464 e. The number of nitrogens with zero attached hydrogens (tertiary/aromatic N) is 1. The zero-order valence-electron chi connectivity index (χ0n) is 19.4. The standard InChI is InChI=1S/C27H23Cl2NO4S2/c1-2-34-26(33)27-20(15-3-7-17(28)8-4-15)13-21(31)22(25-35-11-12-36-25)24(32)19(14-30-27)23(27)16-5-9-18(29)10-6-16/h3-10,14,19-20,23H,2,11-13H2,1H3. The van der Waals surface area contributed by atoms with Gasteiger partial charge in [0.15, 0.2) is 17.1 Å². The first-order chi connectivity index (χ1) is 17.4. The van der Waals surface area contributed by atoms with Gasteiger partial charge in [-0.2, -0.15) is 0 Å². The molecule has 1 saturated carbocycles. The number of thioether (sulfide) groups is 2. The van der Waals surface area contributed by atoms with E-state index in [-0.39, 0.29) is 30.2 Å². The number of rotatable bonds is 4. The van der Waals surface area contributed by atoms with Crippen LogP contribution in [0.1, 0.15) is 36.3 Å². The number of carbonyl (C=O) groups is 3. The van der Waals surface area contributed by atoms with Crippen molar-refractivity contribution in [1.82, 2.24) is 0 Å². The third kappa shape index (κ3) is 4.34. The summed E-state index contributed by atoms with van der Waals surface area (Å²) in [5.74, 6) is -1.54. The predicted molar refractivity (Wildman–Crippen MR) is 146 cm³/mol. The summed E-state index contributed by atoms with van der Waals surface area (Å²) in [6, 6.07) is 14.2. The van der Waals surface area contributed by atoms with E-state index in [4.69, 9.17) is 32.9 Å². The third-order valence-electron chi connectivity index (χ3n) is 6.89. The van der Waals surface area contributed by atoms with Crippen molar-refractivity contribution >= 4 is 70.5 Å². The second kappa shape index (κ2) is 10.4. The van der Waals surface area contributed by atoms with Gasteiger partial charge in [0.05, 0.1) is 22.3 Å². The summed E-state index contributed by atoms with van der Waals surface area (Å²) >= 11 is 15.4. The van der Waals surface area contributed by atoms with Crippen LogP contribution in [0.3, 0.4) is 0 Å². The molecule has 2 heterocycles. The van der Waals surface area contributed by atoms with Gasteiger partial charge in [-0.05, 0) is 42.3 Å². The molecule has 2 aromatic carbocycles. The topological polar surface area (TPSA) is 72.8 Å². The number of hydrogen-bond acceptors (Lipinski definition) is 7. The molecule has 2 aliphatic heterocycles. The average Bonchev–Trinajstić information content (AvgIpc) is 3.53. The maximum atomic E-state index is 14.0. The lowest BCUT2D eigenvalue weighted by molar-refractivity contribution is -0.152. The highest BCUT2D eigenvalue weighted by Gasteiger charge is 2.62. The van der Waals surface area contributed by atoms with Gasteiger partial charge in [-0.1, -0.05) is 47.5 Å². The Balaban J connectivity index is 1.78. The number of halogens is 2. The number of hydrogen-bond donors (Lipinski definition) is 0. The van der Waals surface area contributed by atoms with E-state index < -0.39 is 29.3 Å². The van der Waals surface area contributed by atoms with Gasteiger partial charge >= 0.3 is 5.97 Å². The van der Waals surface area contributed by atoms with E-state index in [9.17, 15) is 14.4 Å². The molecule has 9 heteroatoms. The maximum Gasteiger partial charge on any atom is 0.335 e. The minimum atomic E-state index is -1.50. The Morgan fingerprint density at radius 3 is 2.17 bits per heavy atom. The smallest absolute Gasteiger partial charge is 0.335 e. The molecule has 36 heavy (non-hydrogen) atoms. The van der Waals surface area contributed by atoms with Crippen LogP contribution in [0.5, 0.6) is 0 Å². The summed E-state index contributed by atoms with van der Waals surface area (Å²) in [6.07, 6.45) is 1.51. The van der Waals surface area contributed by atoms with E-state index in [1.54, 1.807) is 60.9 Å². The third-order valence-corrected chi connectivity index (χ3v) is 10.1. The van der Waals surface area contributed by atoms with Gasteiger partial charge in [0.2, 0.25) is 0 Å². The minimum absolute atomic E-state index is 0.0553. The normalized spacial score (nSPS) is 27.8. The zero-order valence-corrected chi connectivity index (χ0v) is 22.6. The van der Waals surface area contributed by atoms with E-state index >= 15 is 0 Å². The Morgan fingerprint density at radius 1 is 1.00 bits per heavy atom. The summed E-state index contributed by atoms with van der Waals surface area (Å²) in [4.78, 5) is 46.5. The van der Waals surface area contributed by atoms with Gasteiger partial charge in [-0.25, -0.2) is 4.79 Å². The fourth-order valence-corrected chi connectivity index (χ4v) is 8.19. The predicted octanol–water partition coefficient (Wildman–Crippen LogP) is 6.10. The van der Waals surface area contributed by atoms with Crippen molar-refractivity contribution in [2.75, 3.05) is 18.1 Å². The van der Waals surface area contributed by atoms with Crippen molar-refractivity contribution in [3.8, 4) is 0 Å². The number of esters is 1. The first-order valence-electron chi connectivity index (χ1n) is 11.7. The molecule has 2 fully saturated rings. The number of allylic oxidation sites excluding steroid dienone is 1. The Bertz CT molecular complexity index is 1270. The number of ether oxygens (including phenoxy) is 1. The molecular weight excluding hydrogens is 537 g/mol. The van der Waals surface area contributed by atoms with Crippen LogP contribution >= 0.6 is 46.7 Å². The Labute approximate surface area is 228 Å². The number of aliphatic imine (C=N–C) groups is 1. The quantitative estimate of drug-likeness (QED) is 0.256. The second-order valence-corrected chi connectivity index (χ2v) is 12.2. The highest BCUT2D eigenvalue weighted by Crippen LogP contribution is 2.55. The number of Topliss-reactive ketones (excluding diaryl/α,β-unsaturated/α-hetero) is 2. The lowest BCUT2D eigenvalue weighted by Crippen LogP contribution is -2.51. The van der Waals surface area contributed by atoms with Crippen molar-refractivity contribution in [1.29, 1.82) is 0 Å². The van der Waals surface area contributed by atoms with Gasteiger partial charge < -0.3 is 4.74 Å². The van der Waals surface area contributed by atoms with Crippen LogP contribution in [0.15, 0.2) is 63.3 Å². The molecule has 0 aromatic heterocycles. The summed E-state index contributed by atoms with van der Waals surface area (Å²) in [5, 5.41) is 1.08. The Morgan fingerprint density at radius 2 is 1.58 bits per heavy atom. The van der Waals surface area contributed by atoms with Crippen LogP contribution in [0, 0.1) is 5.92 Å². The lowest BCUT2D eigenvalue weighted by atomic mass is 9.62. The molecule has 1 aliphatic carbocycles. The number of carbonyl (C=O) groups excluding carboxylic acids is 3. The average molecular weight is 561 g/mol. The van der Waals surface area contributed by atoms with Gasteiger partial charge in [-0.15, -0.1) is 23.5 Å². The highest BCUT2D eigenvalue weighted by molar-refractivity contribution is 8.25. The van der Waals surface area contributed by atoms with Crippen LogP contribution in [-0.4, -0.2) is 47.4 Å². The van der Waals surface area contributed by atoms with Crippen molar-refractivity contribution in [3.05, 3.63) is 79.5 Å². The van der Waals surface area contributed by atoms with Crippen molar-refractivity contribution in [2.24, 2.45) is 10.9 Å². The summed E-state index contributed by atoms with van der Waals surface area (Å²) in [7, 11) is 0. The zero-order chi connectivity index (χ0) is 25.4. The van der Waals surface area contributed by atoms with Crippen LogP contribution in [0.2, 0.25) is 10.0 Å². The molecule has 3 aliphatic rings. The summed E-state index contributed by atoms with van der Waals surface area (Å²) < 4.78 is 6.36. The lowest BCUT2D eigenvalue weighted by Gasteiger charge is -2.41. The van der Waals surface area contributed by atoms with Crippen LogP contribution < -0.4 is 0 Å². The molecule has 0 N–H and O–H groups in total. The van der Waals surface area contributed by atoms with Crippen LogP contribution in [0.25, 0.3) is 0 Å². The van der Waals surface area contributed by atoms with Crippen molar-refractivity contribution in [2.45, 2.75) is 30.7 Å². The van der Waals surface area contributed by atoms with Crippen LogP contribution in [-0.2, 0) is 19.1 Å². The van der Waals surface area contributed by atoms with E-state index in [2.05, 4.69) is 0 Å². The van der Waals surface area contributed by atoms with Gasteiger partial charge in [0, 0.05) is 46.0 Å². The molecule has 0 radical (unpaired) electrons. The van der Waals surface area contributed by atoms with Crippen molar-refractivity contribution < 1.29 is 19.1 Å². The van der Waals surface area contributed by atoms with Crippen molar-refractivity contribution in [3.63, 3.8) is 0 Å². The number of fused-ring (bicyclic) bond motifs is 2. The second-order valence-electron chi connectivity index (χ2n) is 8.83. The molecule has 2 aromatic rings. The van der Waals surface area contributed by atoms with E-state index in [0.29, 0.717) is 10.0 Å². The first-order valence-corrected chi connectivity index (χ1v) is 14.4. The van der Waals surface area contributed by atoms with E-state index in [1.165, 1.54) is 0 Å². The molecule has 2 bridgehead atoms. The highest BCUT2D eigenvalue weighted by atomic mass is 35.5. The SMILES string of the molecule is CCOC(=O)C12N=CC(C(=O)C(=C3SCCS3)C(=O)CC1c1ccc(Cl)cc1)C2c1ccc(Cl)cc1. The Kier molecular flexibility index (Phi) is 7.37. The maximum absolute atomic E-state index is 14.0. The van der Waals surface area contributed by atoms with Gasteiger partial charge in [-0.3, -0.25) is 14.6 Å². The monoisotopic (exact) mass is 559 g/mol. The van der Waals surface area contributed by atoms with E-state index in [0.717, 1.165) is 26.9 Å². The molecular formula is C27H23Cl2NO4S2. The van der Waals surface area contributed by atoms with Crippen LogP contribution in [0.4, 0.5) is 0 Å². The number of ketones is 2. The fourth-order valence-electron chi connectivity index (χ4n) is 5.35. The molecule has 4 unspecified atom stereocenters. The molecule has 5 rings (SSSR count). The molecule has 186 valence electrons. The summed E-state index contributed by atoms with van der Waals surface area (Å²) in [5.41, 5.74) is 0.215. The summed E-state index contributed by atoms with van der Waals surface area (Å²) in [6.45, 7) is 1.88. The van der Waals surface area contributed by atoms with Gasteiger partial charge in [0.1, 0.15) is 0 Å². The van der Waals surface area contributed by atoms with Gasteiger partial charge in [0.25, 0.3) is 0 Å². The number of benzene rings is 2. The molecule has 0 spiro atoms. The molecule has 0 amide bonds. The van der Waals surface area contributed by atoms with E-state index in [1.807, 2.05) is 24.3 Å². The molecule has 4 atom stereocenters.